The summed E-state index contributed by atoms with van der Waals surface area (Å²) in [5.74, 6) is -0.391. The van der Waals surface area contributed by atoms with Crippen LogP contribution in [0.15, 0.2) is 48.7 Å². The zero-order valence-corrected chi connectivity index (χ0v) is 19.2. The number of carbonyl (C=O) groups is 3. The van der Waals surface area contributed by atoms with E-state index in [0.29, 0.717) is 35.0 Å². The van der Waals surface area contributed by atoms with Gasteiger partial charge in [-0.3, -0.25) is 14.5 Å². The molecule has 9 heteroatoms. The number of aromatic nitrogens is 1. The van der Waals surface area contributed by atoms with Crippen LogP contribution in [0.25, 0.3) is 10.9 Å². The Morgan fingerprint density at radius 2 is 1.65 bits per heavy atom. The molecule has 2 aromatic carbocycles. The van der Waals surface area contributed by atoms with Gasteiger partial charge in [-0.05, 0) is 62.1 Å². The highest BCUT2D eigenvalue weighted by Gasteiger charge is 2.30. The molecule has 3 N–H and O–H groups in total. The number of hydrogen-bond acceptors (Lipinski definition) is 4. The number of nitrogens with zero attached hydrogens (tertiary/aromatic N) is 1. The number of hydrogen-bond donors (Lipinski definition) is 3. The molecule has 0 unspecified atom stereocenters. The lowest BCUT2D eigenvalue weighted by Crippen LogP contribution is -2.48. The van der Waals surface area contributed by atoms with E-state index in [-0.39, 0.29) is 30.0 Å². The molecule has 34 heavy (non-hydrogen) atoms. The van der Waals surface area contributed by atoms with Crippen LogP contribution >= 0.6 is 11.6 Å². The third-order valence-corrected chi connectivity index (χ3v) is 6.77. The van der Waals surface area contributed by atoms with Crippen molar-refractivity contribution in [2.75, 3.05) is 18.1 Å². The van der Waals surface area contributed by atoms with Crippen LogP contribution in [0, 0.1) is 0 Å². The maximum absolute atomic E-state index is 12.9. The van der Waals surface area contributed by atoms with E-state index in [9.17, 15) is 14.4 Å². The molecule has 1 saturated carbocycles. The Labute approximate surface area is 201 Å². The molecule has 2 fully saturated rings. The SMILES string of the molecule is O=C(N[C@H]1CCC[C@H]1NC(=O)c1ccc2c(Cl)c[nH]c2c1)c1ccc(N2CCCOC2=O)cc1. The van der Waals surface area contributed by atoms with Crippen LogP contribution in [0.2, 0.25) is 5.02 Å². The van der Waals surface area contributed by atoms with Crippen LogP contribution in [0.5, 0.6) is 0 Å². The van der Waals surface area contributed by atoms with Crippen LogP contribution in [-0.2, 0) is 4.74 Å². The molecule has 2 atom stereocenters. The summed E-state index contributed by atoms with van der Waals surface area (Å²) in [6.45, 7) is 1.03. The van der Waals surface area contributed by atoms with Crippen LogP contribution < -0.4 is 15.5 Å². The normalized spacial score (nSPS) is 20.3. The number of cyclic esters (lactones) is 1. The molecule has 2 aliphatic rings. The second-order valence-corrected chi connectivity index (χ2v) is 9.06. The van der Waals surface area contributed by atoms with Gasteiger partial charge < -0.3 is 20.4 Å². The van der Waals surface area contributed by atoms with Crippen molar-refractivity contribution < 1.29 is 19.1 Å². The van der Waals surface area contributed by atoms with Crippen molar-refractivity contribution in [1.29, 1.82) is 0 Å². The first-order valence-corrected chi connectivity index (χ1v) is 11.8. The number of amides is 3. The molecule has 1 aliphatic carbocycles. The molecule has 176 valence electrons. The molecular weight excluding hydrogens is 456 g/mol. The molecule has 3 amide bonds. The number of rotatable bonds is 5. The zero-order valence-electron chi connectivity index (χ0n) is 18.5. The number of H-pyrrole nitrogens is 1. The third kappa shape index (κ3) is 4.46. The minimum absolute atomic E-state index is 0.151. The summed E-state index contributed by atoms with van der Waals surface area (Å²) in [4.78, 5) is 42.3. The molecule has 8 nitrogen and oxygen atoms in total. The lowest BCUT2D eigenvalue weighted by molar-refractivity contribution is 0.0892. The summed E-state index contributed by atoms with van der Waals surface area (Å²) in [7, 11) is 0. The van der Waals surface area contributed by atoms with Crippen molar-refractivity contribution in [3.63, 3.8) is 0 Å². The Balaban J connectivity index is 1.21. The second kappa shape index (κ2) is 9.38. The number of benzene rings is 2. The van der Waals surface area contributed by atoms with Crippen LogP contribution in [0.4, 0.5) is 10.5 Å². The predicted molar refractivity (Wildman–Crippen MR) is 129 cm³/mol. The van der Waals surface area contributed by atoms with Crippen molar-refractivity contribution >= 4 is 46.1 Å². The number of nitrogens with one attached hydrogen (secondary N) is 3. The number of carbonyl (C=O) groups excluding carboxylic acids is 3. The fourth-order valence-corrected chi connectivity index (χ4v) is 4.84. The van der Waals surface area contributed by atoms with Gasteiger partial charge in [0.1, 0.15) is 0 Å². The van der Waals surface area contributed by atoms with Crippen LogP contribution in [-0.4, -0.2) is 48.1 Å². The van der Waals surface area contributed by atoms with E-state index < -0.39 is 0 Å². The molecule has 0 spiro atoms. The monoisotopic (exact) mass is 480 g/mol. The van der Waals surface area contributed by atoms with Crippen LogP contribution in [0.3, 0.4) is 0 Å². The van der Waals surface area contributed by atoms with Gasteiger partial charge in [0.15, 0.2) is 0 Å². The van der Waals surface area contributed by atoms with Gasteiger partial charge in [-0.15, -0.1) is 0 Å². The maximum Gasteiger partial charge on any atom is 0.414 e. The van der Waals surface area contributed by atoms with Crippen molar-refractivity contribution in [3.05, 3.63) is 64.8 Å². The number of halogens is 1. The van der Waals surface area contributed by atoms with E-state index in [2.05, 4.69) is 15.6 Å². The van der Waals surface area contributed by atoms with Gasteiger partial charge in [0, 0.05) is 52.5 Å². The summed E-state index contributed by atoms with van der Waals surface area (Å²) in [5, 5.41) is 7.62. The molecule has 0 bridgehead atoms. The average Bonchev–Trinajstić information content (AvgIpc) is 3.45. The molecule has 2 heterocycles. The summed E-state index contributed by atoms with van der Waals surface area (Å²) in [5.41, 5.74) is 2.54. The third-order valence-electron chi connectivity index (χ3n) is 6.46. The van der Waals surface area contributed by atoms with Crippen molar-refractivity contribution in [1.82, 2.24) is 15.6 Å². The van der Waals surface area contributed by atoms with E-state index >= 15 is 0 Å². The second-order valence-electron chi connectivity index (χ2n) is 8.65. The number of ether oxygens (including phenoxy) is 1. The predicted octanol–water partition coefficient (Wildman–Crippen LogP) is 4.25. The minimum atomic E-state index is -0.369. The largest absolute Gasteiger partial charge is 0.449 e. The van der Waals surface area contributed by atoms with E-state index in [0.717, 1.165) is 36.6 Å². The smallest absolute Gasteiger partial charge is 0.414 e. The fourth-order valence-electron chi connectivity index (χ4n) is 4.62. The topological polar surface area (TPSA) is 104 Å². The first-order chi connectivity index (χ1) is 16.5. The van der Waals surface area contributed by atoms with Gasteiger partial charge in [0.05, 0.1) is 11.6 Å². The highest BCUT2D eigenvalue weighted by molar-refractivity contribution is 6.35. The number of aromatic amines is 1. The van der Waals surface area contributed by atoms with Crippen molar-refractivity contribution in [3.8, 4) is 0 Å². The summed E-state index contributed by atoms with van der Waals surface area (Å²) >= 11 is 6.12. The quantitative estimate of drug-likeness (QED) is 0.508. The summed E-state index contributed by atoms with van der Waals surface area (Å²) < 4.78 is 5.07. The van der Waals surface area contributed by atoms with E-state index in [1.165, 1.54) is 0 Å². The first-order valence-electron chi connectivity index (χ1n) is 11.4. The molecular formula is C25H25ClN4O4. The van der Waals surface area contributed by atoms with E-state index in [1.54, 1.807) is 47.5 Å². The average molecular weight is 481 g/mol. The van der Waals surface area contributed by atoms with Gasteiger partial charge in [-0.1, -0.05) is 17.7 Å². The van der Waals surface area contributed by atoms with Gasteiger partial charge in [0.2, 0.25) is 0 Å². The Morgan fingerprint density at radius 3 is 2.35 bits per heavy atom. The standard InChI is InChI=1S/C25H25ClN4O4/c26-19-14-27-22-13-16(7-10-18(19)22)24(32)29-21-4-1-3-20(21)28-23(31)15-5-8-17(9-6-15)30-11-2-12-34-25(30)33/h5-10,13-14,20-21,27H,1-4,11-12H2,(H,28,31)(H,29,32)/t20-,21+/m0/s1. The number of anilines is 1. The molecule has 0 radical (unpaired) electrons. The lowest BCUT2D eigenvalue weighted by Gasteiger charge is -2.26. The maximum atomic E-state index is 12.9. The first kappa shape index (κ1) is 22.3. The fraction of sp³-hybridized carbons (Fsp3) is 0.320. The Bertz CT molecular complexity index is 1240. The Hall–Kier alpha value is -3.52. The van der Waals surface area contributed by atoms with Gasteiger partial charge in [0.25, 0.3) is 11.8 Å². The van der Waals surface area contributed by atoms with Crippen molar-refractivity contribution in [2.24, 2.45) is 0 Å². The molecule has 1 saturated heterocycles. The molecule has 3 aromatic rings. The molecule has 1 aliphatic heterocycles. The zero-order chi connectivity index (χ0) is 23.7. The van der Waals surface area contributed by atoms with E-state index in [4.69, 9.17) is 16.3 Å². The molecule has 1 aromatic heterocycles. The summed E-state index contributed by atoms with van der Waals surface area (Å²) in [6, 6.07) is 11.9. The number of fused-ring (bicyclic) bond motifs is 1. The van der Waals surface area contributed by atoms with E-state index in [1.807, 2.05) is 6.07 Å². The highest BCUT2D eigenvalue weighted by atomic mass is 35.5. The Kier molecular flexibility index (Phi) is 6.15. The van der Waals surface area contributed by atoms with Gasteiger partial charge in [-0.25, -0.2) is 4.79 Å². The minimum Gasteiger partial charge on any atom is -0.449 e. The van der Waals surface area contributed by atoms with Crippen molar-refractivity contribution in [2.45, 2.75) is 37.8 Å². The van der Waals surface area contributed by atoms with Gasteiger partial charge in [-0.2, -0.15) is 0 Å². The highest BCUT2D eigenvalue weighted by Crippen LogP contribution is 2.25. The van der Waals surface area contributed by atoms with Gasteiger partial charge >= 0.3 is 6.09 Å². The summed E-state index contributed by atoms with van der Waals surface area (Å²) in [6.07, 6.45) is 4.60. The Morgan fingerprint density at radius 1 is 0.971 bits per heavy atom. The lowest BCUT2D eigenvalue weighted by atomic mass is 10.1. The molecule has 5 rings (SSSR count). The van der Waals surface area contributed by atoms with Crippen LogP contribution in [0.1, 0.15) is 46.4 Å².